The van der Waals surface area contributed by atoms with E-state index < -0.39 is 11.1 Å². The molecule has 1 aromatic heterocycles. The monoisotopic (exact) mass is 556 g/mol. The highest BCUT2D eigenvalue weighted by Crippen LogP contribution is 2.43. The Morgan fingerprint density at radius 2 is 1.84 bits per heavy atom. The van der Waals surface area contributed by atoms with Gasteiger partial charge in [-0.15, -0.1) is 10.2 Å². The highest BCUT2D eigenvalue weighted by atomic mass is 35.5. The molecule has 1 heterocycles. The normalized spacial score (nSPS) is 11.8. The van der Waals surface area contributed by atoms with Gasteiger partial charge in [-0.25, -0.2) is 4.39 Å². The van der Waals surface area contributed by atoms with E-state index in [1.165, 1.54) is 17.8 Å². The Hall–Kier alpha value is -3.63. The van der Waals surface area contributed by atoms with Crippen LogP contribution in [0.15, 0.2) is 65.8 Å². The Morgan fingerprint density at radius 3 is 2.53 bits per heavy atom. The Kier molecular flexibility index (Phi) is 8.85. The van der Waals surface area contributed by atoms with Crippen LogP contribution in [-0.4, -0.2) is 32.8 Å². The van der Waals surface area contributed by atoms with Gasteiger partial charge in [0.25, 0.3) is 0 Å². The molecule has 8 nitrogen and oxygen atoms in total. The smallest absolute Gasteiger partial charge is 0.220 e. The van der Waals surface area contributed by atoms with Gasteiger partial charge in [-0.05, 0) is 56.7 Å². The number of ether oxygens (including phenoxy) is 2. The molecule has 0 fully saturated rings. The summed E-state index contributed by atoms with van der Waals surface area (Å²) in [4.78, 5) is 11.3. The zero-order chi connectivity index (χ0) is 27.2. The molecule has 0 radical (unpaired) electrons. The maximum absolute atomic E-state index is 14.1. The van der Waals surface area contributed by atoms with Crippen molar-refractivity contribution in [2.24, 2.45) is 0 Å². The molecule has 0 N–H and O–H groups in total. The summed E-state index contributed by atoms with van der Waals surface area (Å²) in [5.41, 5.74) is 2.89. The van der Waals surface area contributed by atoms with Gasteiger partial charge in [-0.2, -0.15) is 0 Å². The molecule has 11 heteroatoms. The van der Waals surface area contributed by atoms with Crippen LogP contribution in [0.2, 0.25) is 5.02 Å². The van der Waals surface area contributed by atoms with Crippen molar-refractivity contribution in [3.63, 3.8) is 0 Å². The minimum absolute atomic E-state index is 0.0577. The molecular formula is C27H26ClFN4O4S. The summed E-state index contributed by atoms with van der Waals surface area (Å²) in [6.45, 7) is 5.49. The molecule has 0 aliphatic carbocycles. The predicted octanol–water partition coefficient (Wildman–Crippen LogP) is 6.76. The largest absolute Gasteiger partial charge is 0.490 e. The van der Waals surface area contributed by atoms with E-state index in [2.05, 4.69) is 10.2 Å². The van der Waals surface area contributed by atoms with Crippen LogP contribution in [0.1, 0.15) is 34.7 Å². The first-order valence-electron chi connectivity index (χ1n) is 11.9. The molecule has 0 amide bonds. The first kappa shape index (κ1) is 27.4. The molecule has 0 unspecified atom stereocenters. The molecule has 3 aromatic carbocycles. The van der Waals surface area contributed by atoms with E-state index in [9.17, 15) is 14.5 Å². The molecule has 0 saturated heterocycles. The Balaban J connectivity index is 1.67. The standard InChI is InChI=1S/C27H26ClFN4O4S/c1-4-36-24-14-20(13-22(28)26(24)37-16-19-7-5-6-8-23(19)29)25(15-32(34)35)38-27-31-30-18(3)33(27)21-11-9-17(2)10-12-21/h5-14,25H,4,15-16H2,1-3H3/t25-/m0/s1. The van der Waals surface area contributed by atoms with E-state index >= 15 is 0 Å². The van der Waals surface area contributed by atoms with Crippen molar-refractivity contribution in [2.75, 3.05) is 13.2 Å². The van der Waals surface area contributed by atoms with Crippen molar-refractivity contribution >= 4 is 23.4 Å². The lowest BCUT2D eigenvalue weighted by molar-refractivity contribution is -0.479. The first-order chi connectivity index (χ1) is 18.3. The second-order valence-corrected chi connectivity index (χ2v) is 10.0. The minimum atomic E-state index is -0.657. The SMILES string of the molecule is CCOc1cc([C@H](C[N+](=O)[O-])Sc2nnc(C)n2-c2ccc(C)cc2)cc(Cl)c1OCc1ccccc1F. The molecule has 0 bridgehead atoms. The van der Waals surface area contributed by atoms with Crippen molar-refractivity contribution in [3.05, 3.63) is 104 Å². The van der Waals surface area contributed by atoms with Crippen LogP contribution in [0.5, 0.6) is 11.5 Å². The molecule has 0 aliphatic rings. The number of rotatable bonds is 11. The number of halogens is 2. The summed E-state index contributed by atoms with van der Waals surface area (Å²) in [6, 6.07) is 17.4. The van der Waals surface area contributed by atoms with Crippen LogP contribution in [0.4, 0.5) is 4.39 Å². The van der Waals surface area contributed by atoms with Crippen molar-refractivity contribution in [1.29, 1.82) is 0 Å². The van der Waals surface area contributed by atoms with Crippen molar-refractivity contribution < 1.29 is 18.8 Å². The number of hydrogen-bond donors (Lipinski definition) is 0. The van der Waals surface area contributed by atoms with Crippen LogP contribution >= 0.6 is 23.4 Å². The number of nitrogens with zero attached hydrogens (tertiary/aromatic N) is 4. The fourth-order valence-corrected chi connectivity index (χ4v) is 5.25. The second kappa shape index (κ2) is 12.3. The van der Waals surface area contributed by atoms with Crippen molar-refractivity contribution in [1.82, 2.24) is 14.8 Å². The van der Waals surface area contributed by atoms with Crippen LogP contribution < -0.4 is 9.47 Å². The van der Waals surface area contributed by atoms with Gasteiger partial charge in [-0.1, -0.05) is 59.3 Å². The lowest BCUT2D eigenvalue weighted by Gasteiger charge is -2.19. The average molecular weight is 557 g/mol. The van der Waals surface area contributed by atoms with Crippen LogP contribution in [-0.2, 0) is 6.61 Å². The van der Waals surface area contributed by atoms with Crippen LogP contribution in [0.25, 0.3) is 5.69 Å². The molecule has 4 aromatic rings. The lowest BCUT2D eigenvalue weighted by Crippen LogP contribution is -2.12. The molecule has 0 aliphatic heterocycles. The maximum atomic E-state index is 14.1. The number of aromatic nitrogens is 3. The summed E-state index contributed by atoms with van der Waals surface area (Å²) < 4.78 is 27.6. The topological polar surface area (TPSA) is 92.3 Å². The third-order valence-corrected chi connectivity index (χ3v) is 7.14. The van der Waals surface area contributed by atoms with Gasteiger partial charge in [0.15, 0.2) is 16.7 Å². The molecule has 198 valence electrons. The zero-order valence-corrected chi connectivity index (χ0v) is 22.6. The lowest BCUT2D eigenvalue weighted by atomic mass is 10.1. The van der Waals surface area contributed by atoms with Gasteiger partial charge in [0, 0.05) is 16.2 Å². The quantitative estimate of drug-likeness (QED) is 0.114. The van der Waals surface area contributed by atoms with Gasteiger partial charge >= 0.3 is 0 Å². The predicted molar refractivity (Wildman–Crippen MR) is 145 cm³/mol. The minimum Gasteiger partial charge on any atom is -0.490 e. The Labute approximate surface area is 228 Å². The summed E-state index contributed by atoms with van der Waals surface area (Å²) in [5, 5.41) is 20.2. The molecule has 1 atom stereocenters. The van der Waals surface area contributed by atoms with Gasteiger partial charge in [-0.3, -0.25) is 14.7 Å². The fraction of sp³-hybridized carbons (Fsp3) is 0.259. The van der Waals surface area contributed by atoms with E-state index in [-0.39, 0.29) is 28.8 Å². The van der Waals surface area contributed by atoms with E-state index in [0.717, 1.165) is 11.3 Å². The number of aryl methyl sites for hydroxylation is 2. The van der Waals surface area contributed by atoms with Crippen LogP contribution in [0.3, 0.4) is 0 Å². The third-order valence-electron chi connectivity index (χ3n) is 5.68. The van der Waals surface area contributed by atoms with E-state index in [1.807, 2.05) is 42.7 Å². The zero-order valence-electron chi connectivity index (χ0n) is 21.1. The van der Waals surface area contributed by atoms with Crippen molar-refractivity contribution in [2.45, 2.75) is 37.8 Å². The summed E-state index contributed by atoms with van der Waals surface area (Å²) >= 11 is 7.81. The Bertz CT molecular complexity index is 1430. The first-order valence-corrected chi connectivity index (χ1v) is 13.1. The van der Waals surface area contributed by atoms with Crippen LogP contribution in [0, 0.1) is 29.8 Å². The number of thioether (sulfide) groups is 1. The molecule has 38 heavy (non-hydrogen) atoms. The summed E-state index contributed by atoms with van der Waals surface area (Å²) in [7, 11) is 0. The molecular weight excluding hydrogens is 531 g/mol. The number of hydrogen-bond acceptors (Lipinski definition) is 7. The van der Waals surface area contributed by atoms with Gasteiger partial charge in [0.2, 0.25) is 6.54 Å². The summed E-state index contributed by atoms with van der Waals surface area (Å²) in [5.74, 6) is 0.815. The Morgan fingerprint density at radius 1 is 1.11 bits per heavy atom. The number of nitro groups is 1. The summed E-state index contributed by atoms with van der Waals surface area (Å²) in [6.07, 6.45) is 0. The molecule has 4 rings (SSSR count). The average Bonchev–Trinajstić information content (AvgIpc) is 3.24. The van der Waals surface area contributed by atoms with Gasteiger partial charge < -0.3 is 9.47 Å². The number of benzene rings is 3. The molecule has 0 saturated carbocycles. The highest BCUT2D eigenvalue weighted by Gasteiger charge is 2.26. The van der Waals surface area contributed by atoms with Gasteiger partial charge in [0.05, 0.1) is 11.6 Å². The van der Waals surface area contributed by atoms with E-state index in [4.69, 9.17) is 21.1 Å². The van der Waals surface area contributed by atoms with E-state index in [0.29, 0.717) is 34.5 Å². The third kappa shape index (κ3) is 6.43. The molecule has 0 spiro atoms. The van der Waals surface area contributed by atoms with E-state index in [1.54, 1.807) is 37.3 Å². The fourth-order valence-electron chi connectivity index (χ4n) is 3.83. The highest BCUT2D eigenvalue weighted by molar-refractivity contribution is 7.99. The maximum Gasteiger partial charge on any atom is 0.220 e. The second-order valence-electron chi connectivity index (χ2n) is 8.47. The van der Waals surface area contributed by atoms with Gasteiger partial charge in [0.1, 0.15) is 23.5 Å². The van der Waals surface area contributed by atoms with Crippen molar-refractivity contribution in [3.8, 4) is 17.2 Å².